The first-order valence-electron chi connectivity index (χ1n) is 11.5. The summed E-state index contributed by atoms with van der Waals surface area (Å²) in [5, 5.41) is 15.8. The van der Waals surface area contributed by atoms with Crippen molar-refractivity contribution in [2.45, 2.75) is 57.7 Å². The molecule has 0 saturated carbocycles. The van der Waals surface area contributed by atoms with Gasteiger partial charge in [0.05, 0.1) is 19.7 Å². The van der Waals surface area contributed by atoms with Gasteiger partial charge >= 0.3 is 0 Å². The molecule has 4 rings (SSSR count). The molecule has 1 atom stereocenters. The summed E-state index contributed by atoms with van der Waals surface area (Å²) >= 11 is 0. The van der Waals surface area contributed by atoms with Gasteiger partial charge in [-0.1, -0.05) is 24.6 Å². The zero-order valence-electron chi connectivity index (χ0n) is 18.8. The Morgan fingerprint density at radius 2 is 1.87 bits per heavy atom. The summed E-state index contributed by atoms with van der Waals surface area (Å²) in [7, 11) is 3.56. The van der Waals surface area contributed by atoms with Crippen LogP contribution in [-0.4, -0.2) is 59.4 Å². The number of nitrogens with zero attached hydrogens (tertiary/aromatic N) is 5. The maximum absolute atomic E-state index is 5.66. The van der Waals surface area contributed by atoms with Crippen LogP contribution in [-0.2, 0) is 19.5 Å². The normalized spacial score (nSPS) is 18.3. The number of aryl methyl sites for hydroxylation is 1. The van der Waals surface area contributed by atoms with Gasteiger partial charge in [0.15, 0.2) is 11.8 Å². The lowest BCUT2D eigenvalue weighted by atomic mass is 10.0. The van der Waals surface area contributed by atoms with Crippen molar-refractivity contribution in [2.75, 3.05) is 33.8 Å². The molecule has 1 aromatic carbocycles. The van der Waals surface area contributed by atoms with E-state index in [-0.39, 0.29) is 6.04 Å². The van der Waals surface area contributed by atoms with Gasteiger partial charge in [0.2, 0.25) is 0 Å². The van der Waals surface area contributed by atoms with Gasteiger partial charge in [-0.25, -0.2) is 0 Å². The summed E-state index contributed by atoms with van der Waals surface area (Å²) in [5.74, 6) is 3.82. The number of methoxy groups -OCH3 is 1. The minimum atomic E-state index is 0.238. The number of likely N-dealkylation sites (tertiary alicyclic amines) is 1. The first-order chi connectivity index (χ1) is 15.3. The van der Waals surface area contributed by atoms with E-state index in [2.05, 4.69) is 47.4 Å². The van der Waals surface area contributed by atoms with Gasteiger partial charge in [-0.05, 0) is 44.8 Å². The fraction of sp³-hybridized carbons (Fsp3) is 0.609. The van der Waals surface area contributed by atoms with Crippen LogP contribution in [0.1, 0.15) is 55.4 Å². The van der Waals surface area contributed by atoms with Crippen LogP contribution >= 0.6 is 0 Å². The number of nitrogens with one attached hydrogen (secondary N) is 2. The van der Waals surface area contributed by atoms with Gasteiger partial charge in [0.1, 0.15) is 11.6 Å². The molecule has 2 aliphatic rings. The maximum atomic E-state index is 5.66. The molecule has 0 aliphatic carbocycles. The highest BCUT2D eigenvalue weighted by Gasteiger charge is 2.26. The third kappa shape index (κ3) is 5.18. The molecular weight excluding hydrogens is 390 g/mol. The quantitative estimate of drug-likeness (QED) is 0.524. The SMILES string of the molecule is CN=C(NCc1nnc2n1CCCCC2)NCC(c1ccccc1OC)N1CCCC1. The number of aliphatic imine (C=N–C) groups is 1. The Balaban J connectivity index is 1.41. The molecule has 1 unspecified atom stereocenters. The van der Waals surface area contributed by atoms with Crippen molar-refractivity contribution in [3.8, 4) is 5.75 Å². The van der Waals surface area contributed by atoms with Crippen molar-refractivity contribution in [3.05, 3.63) is 41.5 Å². The number of hydrogen-bond acceptors (Lipinski definition) is 5. The van der Waals surface area contributed by atoms with Gasteiger partial charge in [0, 0.05) is 32.1 Å². The van der Waals surface area contributed by atoms with Crippen molar-refractivity contribution in [1.82, 2.24) is 30.3 Å². The minimum Gasteiger partial charge on any atom is -0.496 e. The molecule has 2 N–H and O–H groups in total. The second-order valence-corrected chi connectivity index (χ2v) is 8.30. The summed E-state index contributed by atoms with van der Waals surface area (Å²) in [4.78, 5) is 6.98. The Bertz CT molecular complexity index is 873. The number of fused-ring (bicyclic) bond motifs is 1. The van der Waals surface area contributed by atoms with Gasteiger partial charge in [-0.3, -0.25) is 9.89 Å². The van der Waals surface area contributed by atoms with E-state index in [1.807, 2.05) is 19.2 Å². The zero-order valence-corrected chi connectivity index (χ0v) is 18.8. The van der Waals surface area contributed by atoms with E-state index >= 15 is 0 Å². The van der Waals surface area contributed by atoms with Gasteiger partial charge < -0.3 is 19.9 Å². The topological polar surface area (TPSA) is 79.6 Å². The monoisotopic (exact) mass is 425 g/mol. The van der Waals surface area contributed by atoms with Crippen molar-refractivity contribution in [2.24, 2.45) is 4.99 Å². The molecule has 2 aliphatic heterocycles. The lowest BCUT2D eigenvalue weighted by molar-refractivity contribution is 0.239. The Kier molecular flexibility index (Phi) is 7.40. The van der Waals surface area contributed by atoms with Gasteiger partial charge in [0.25, 0.3) is 0 Å². The lowest BCUT2D eigenvalue weighted by Gasteiger charge is -2.30. The van der Waals surface area contributed by atoms with E-state index in [0.717, 1.165) is 56.0 Å². The molecule has 0 amide bonds. The molecule has 0 spiro atoms. The number of hydrogen-bond donors (Lipinski definition) is 2. The largest absolute Gasteiger partial charge is 0.496 e. The summed E-state index contributed by atoms with van der Waals surface area (Å²) in [5.41, 5.74) is 1.22. The molecule has 3 heterocycles. The number of aromatic nitrogens is 3. The standard InChI is InChI=1S/C23H35N7O/c1-24-23(26-17-22-28-27-21-12-4-3-7-15-30(21)22)25-16-19(29-13-8-9-14-29)18-10-5-6-11-20(18)31-2/h5-6,10-11,19H,3-4,7-9,12-17H2,1-2H3,(H2,24,25,26). The first kappa shape index (κ1) is 21.6. The van der Waals surface area contributed by atoms with E-state index in [4.69, 9.17) is 4.74 Å². The summed E-state index contributed by atoms with van der Waals surface area (Å²) < 4.78 is 7.93. The molecule has 8 heteroatoms. The molecule has 1 aromatic heterocycles. The van der Waals surface area contributed by atoms with Gasteiger partial charge in [-0.2, -0.15) is 0 Å². The number of benzene rings is 1. The molecular formula is C23H35N7O. The number of guanidine groups is 1. The van der Waals surface area contributed by atoms with E-state index in [1.54, 1.807) is 7.11 Å². The predicted molar refractivity (Wildman–Crippen MR) is 122 cm³/mol. The predicted octanol–water partition coefficient (Wildman–Crippen LogP) is 2.52. The average molecular weight is 426 g/mol. The Labute approximate surface area is 185 Å². The average Bonchev–Trinajstić information content (AvgIpc) is 3.41. The van der Waals surface area contributed by atoms with Crippen molar-refractivity contribution in [1.29, 1.82) is 0 Å². The molecule has 0 radical (unpaired) electrons. The minimum absolute atomic E-state index is 0.238. The van der Waals surface area contributed by atoms with E-state index in [9.17, 15) is 0 Å². The molecule has 168 valence electrons. The highest BCUT2D eigenvalue weighted by Crippen LogP contribution is 2.31. The van der Waals surface area contributed by atoms with Crippen LogP contribution in [0.2, 0.25) is 0 Å². The Hall–Kier alpha value is -2.61. The van der Waals surface area contributed by atoms with Crippen LogP contribution in [0.3, 0.4) is 0 Å². The van der Waals surface area contributed by atoms with Crippen molar-refractivity contribution in [3.63, 3.8) is 0 Å². The van der Waals surface area contributed by atoms with Crippen molar-refractivity contribution >= 4 is 5.96 Å². The number of ether oxygens (including phenoxy) is 1. The van der Waals surface area contributed by atoms with Crippen LogP contribution < -0.4 is 15.4 Å². The van der Waals surface area contributed by atoms with Crippen LogP contribution in [0, 0.1) is 0 Å². The Morgan fingerprint density at radius 3 is 2.68 bits per heavy atom. The summed E-state index contributed by atoms with van der Waals surface area (Å²) in [6.45, 7) is 4.62. The maximum Gasteiger partial charge on any atom is 0.191 e. The first-order valence-corrected chi connectivity index (χ1v) is 11.5. The van der Waals surface area contributed by atoms with Crippen molar-refractivity contribution < 1.29 is 4.74 Å². The lowest BCUT2D eigenvalue weighted by Crippen LogP contribution is -2.42. The second kappa shape index (κ2) is 10.6. The fourth-order valence-electron chi connectivity index (χ4n) is 4.68. The molecule has 1 fully saturated rings. The summed E-state index contributed by atoms with van der Waals surface area (Å²) in [6.07, 6.45) is 7.18. The molecule has 8 nitrogen and oxygen atoms in total. The highest BCUT2D eigenvalue weighted by molar-refractivity contribution is 5.79. The second-order valence-electron chi connectivity index (χ2n) is 8.30. The van der Waals surface area contributed by atoms with Gasteiger partial charge in [-0.15, -0.1) is 10.2 Å². The molecule has 1 saturated heterocycles. The van der Waals surface area contributed by atoms with E-state index in [1.165, 1.54) is 37.7 Å². The van der Waals surface area contributed by atoms with E-state index < -0.39 is 0 Å². The van der Waals surface area contributed by atoms with E-state index in [0.29, 0.717) is 6.54 Å². The number of para-hydroxylation sites is 1. The third-order valence-corrected chi connectivity index (χ3v) is 6.37. The van der Waals surface area contributed by atoms with Crippen LogP contribution in [0.5, 0.6) is 5.75 Å². The zero-order chi connectivity index (χ0) is 21.5. The van der Waals surface area contributed by atoms with Crippen LogP contribution in [0.4, 0.5) is 0 Å². The van der Waals surface area contributed by atoms with Crippen LogP contribution in [0.15, 0.2) is 29.3 Å². The molecule has 31 heavy (non-hydrogen) atoms. The molecule has 0 bridgehead atoms. The highest BCUT2D eigenvalue weighted by atomic mass is 16.5. The molecule has 2 aromatic rings. The van der Waals surface area contributed by atoms with Crippen LogP contribution in [0.25, 0.3) is 0 Å². The Morgan fingerprint density at radius 1 is 1.06 bits per heavy atom. The smallest absolute Gasteiger partial charge is 0.191 e. The fourth-order valence-corrected chi connectivity index (χ4v) is 4.68. The summed E-state index contributed by atoms with van der Waals surface area (Å²) in [6, 6.07) is 8.57. The third-order valence-electron chi connectivity index (χ3n) is 6.37. The number of rotatable bonds is 7.